The summed E-state index contributed by atoms with van der Waals surface area (Å²) < 4.78 is 0. The van der Waals surface area contributed by atoms with Gasteiger partial charge in [-0.25, -0.2) is 0 Å². The number of rotatable bonds is 39. The van der Waals surface area contributed by atoms with Crippen molar-refractivity contribution in [2.24, 2.45) is 0 Å². The minimum Gasteiger partial charge on any atom is -0.414 e. The fraction of sp³-hybridized carbons (Fsp3) is 0.913. The highest BCUT2D eigenvalue weighted by Gasteiger charge is 2.24. The zero-order valence-corrected chi connectivity index (χ0v) is 33.8. The van der Waals surface area contributed by atoms with Crippen molar-refractivity contribution < 1.29 is 0 Å². The van der Waals surface area contributed by atoms with Crippen molar-refractivity contribution in [2.75, 3.05) is 6.54 Å². The summed E-state index contributed by atoms with van der Waals surface area (Å²) >= 11 is 0. The van der Waals surface area contributed by atoms with Crippen LogP contribution in [0.4, 0.5) is 0 Å². The van der Waals surface area contributed by atoms with Crippen molar-refractivity contribution >= 4 is 6.85 Å². The van der Waals surface area contributed by atoms with Gasteiger partial charge in [0.1, 0.15) is 0 Å². The average Bonchev–Trinajstić information content (AvgIpc) is 3.10. The van der Waals surface area contributed by atoms with Gasteiger partial charge in [0, 0.05) is 12.2 Å². The van der Waals surface area contributed by atoms with Gasteiger partial charge in [-0.3, -0.25) is 0 Å². The van der Waals surface area contributed by atoms with Crippen LogP contribution in [0.1, 0.15) is 258 Å². The molecule has 0 aromatic heterocycles. The molecule has 1 rings (SSSR count). The molecule has 0 bridgehead atoms. The molecule has 0 N–H and O–H groups in total. The first-order valence-electron chi connectivity index (χ1n) is 23.0. The van der Waals surface area contributed by atoms with Gasteiger partial charge in [-0.15, -0.1) is 0 Å². The highest BCUT2D eigenvalue weighted by atomic mass is 15.1. The highest BCUT2D eigenvalue weighted by molar-refractivity contribution is 6.62. The maximum absolute atomic E-state index is 2.87. The van der Waals surface area contributed by atoms with E-state index in [4.69, 9.17) is 0 Å². The minimum absolute atomic E-state index is 0.651. The van der Waals surface area contributed by atoms with E-state index in [9.17, 15) is 0 Å². The molecule has 0 radical (unpaired) electrons. The SMILES string of the molecule is CCCCCCCCCCCCCCB1C=CC=C(CCCCCCCCCCCCCC)N1CCCCCCCCCCCCCC. The van der Waals surface area contributed by atoms with E-state index in [0.717, 1.165) is 0 Å². The first kappa shape index (κ1) is 45.4. The van der Waals surface area contributed by atoms with E-state index in [1.807, 2.05) is 0 Å². The molecular weight excluding hydrogens is 577 g/mol. The lowest BCUT2D eigenvalue weighted by molar-refractivity contribution is 0.454. The highest BCUT2D eigenvalue weighted by Crippen LogP contribution is 2.25. The van der Waals surface area contributed by atoms with Crippen LogP contribution in [-0.4, -0.2) is 18.2 Å². The molecule has 0 atom stereocenters. The summed E-state index contributed by atoms with van der Waals surface area (Å²) in [5.74, 6) is 2.55. The van der Waals surface area contributed by atoms with Gasteiger partial charge in [0.05, 0.1) is 0 Å². The summed E-state index contributed by atoms with van der Waals surface area (Å²) in [5, 5.41) is 0. The maximum Gasteiger partial charge on any atom is 0.280 e. The summed E-state index contributed by atoms with van der Waals surface area (Å²) in [5.41, 5.74) is 1.66. The molecule has 0 amide bonds. The van der Waals surface area contributed by atoms with Gasteiger partial charge in [-0.05, 0) is 31.7 Å². The van der Waals surface area contributed by atoms with Gasteiger partial charge >= 0.3 is 0 Å². The molecule has 0 unspecified atom stereocenters. The number of hydrogen-bond donors (Lipinski definition) is 0. The maximum atomic E-state index is 2.87. The first-order chi connectivity index (χ1) is 23.8. The summed E-state index contributed by atoms with van der Waals surface area (Å²) in [4.78, 5) is 2.87. The predicted molar refractivity (Wildman–Crippen MR) is 222 cm³/mol. The van der Waals surface area contributed by atoms with Crippen LogP contribution in [-0.2, 0) is 0 Å². The van der Waals surface area contributed by atoms with Gasteiger partial charge in [-0.1, -0.05) is 251 Å². The molecule has 1 aliphatic rings. The second-order valence-electron chi connectivity index (χ2n) is 16.0. The van der Waals surface area contributed by atoms with Crippen LogP contribution in [0, 0.1) is 0 Å². The molecule has 0 saturated carbocycles. The van der Waals surface area contributed by atoms with E-state index < -0.39 is 0 Å². The van der Waals surface area contributed by atoms with E-state index in [1.54, 1.807) is 5.70 Å². The van der Waals surface area contributed by atoms with Crippen molar-refractivity contribution in [1.82, 2.24) is 4.81 Å². The van der Waals surface area contributed by atoms with E-state index in [0.29, 0.717) is 6.85 Å². The van der Waals surface area contributed by atoms with E-state index >= 15 is 0 Å². The quantitative estimate of drug-likeness (QED) is 0.0466. The zero-order valence-electron chi connectivity index (χ0n) is 33.8. The molecule has 0 aromatic rings. The van der Waals surface area contributed by atoms with Crippen LogP contribution in [0.5, 0.6) is 0 Å². The largest absolute Gasteiger partial charge is 0.414 e. The van der Waals surface area contributed by atoms with Gasteiger partial charge in [0.15, 0.2) is 0 Å². The van der Waals surface area contributed by atoms with E-state index in [2.05, 4.69) is 43.7 Å². The fourth-order valence-electron chi connectivity index (χ4n) is 7.96. The molecule has 0 saturated heterocycles. The van der Waals surface area contributed by atoms with Crippen LogP contribution in [0.3, 0.4) is 0 Å². The number of unbranched alkanes of at least 4 members (excludes halogenated alkanes) is 33. The summed E-state index contributed by atoms with van der Waals surface area (Å²) in [6.45, 7) is 8.89. The molecule has 2 heteroatoms. The molecule has 48 heavy (non-hydrogen) atoms. The van der Waals surface area contributed by atoms with E-state index in [-0.39, 0.29) is 0 Å². The minimum atomic E-state index is 0.651. The van der Waals surface area contributed by atoms with E-state index in [1.165, 1.54) is 250 Å². The normalized spacial score (nSPS) is 13.2. The molecule has 0 aliphatic carbocycles. The Morgan fingerprint density at radius 1 is 0.375 bits per heavy atom. The monoisotopic (exact) mass is 668 g/mol. The Balaban J connectivity index is 2.30. The van der Waals surface area contributed by atoms with Gasteiger partial charge in [0.2, 0.25) is 0 Å². The molecule has 1 heterocycles. The van der Waals surface area contributed by atoms with Crippen molar-refractivity contribution in [3.8, 4) is 0 Å². The molecule has 282 valence electrons. The number of hydrogen-bond acceptors (Lipinski definition) is 1. The van der Waals surface area contributed by atoms with Crippen LogP contribution in [0.2, 0.25) is 6.32 Å². The smallest absolute Gasteiger partial charge is 0.280 e. The summed E-state index contributed by atoms with van der Waals surface area (Å²) in [6.07, 6.45) is 59.5. The van der Waals surface area contributed by atoms with Crippen molar-refractivity contribution in [2.45, 2.75) is 265 Å². The molecule has 1 nitrogen and oxygen atoms in total. The van der Waals surface area contributed by atoms with Gasteiger partial charge in [-0.2, -0.15) is 0 Å². The Hall–Kier alpha value is -0.655. The van der Waals surface area contributed by atoms with Crippen LogP contribution in [0.15, 0.2) is 23.8 Å². The zero-order chi connectivity index (χ0) is 34.4. The van der Waals surface area contributed by atoms with Gasteiger partial charge in [0.25, 0.3) is 6.85 Å². The predicted octanol–water partition coefficient (Wildman–Crippen LogP) is 16.8. The molecule has 0 aromatic carbocycles. The third kappa shape index (κ3) is 29.1. The second kappa shape index (κ2) is 37.6. The Morgan fingerprint density at radius 3 is 1.06 bits per heavy atom. The lowest BCUT2D eigenvalue weighted by Crippen LogP contribution is -2.39. The fourth-order valence-corrected chi connectivity index (χ4v) is 7.96. The molecule has 0 fully saturated rings. The lowest BCUT2D eigenvalue weighted by Gasteiger charge is -2.35. The van der Waals surface area contributed by atoms with Crippen LogP contribution in [0.25, 0.3) is 0 Å². The Bertz CT molecular complexity index is 684. The molecule has 1 aliphatic heterocycles. The van der Waals surface area contributed by atoms with Crippen LogP contribution < -0.4 is 0 Å². The average molecular weight is 668 g/mol. The van der Waals surface area contributed by atoms with Crippen molar-refractivity contribution in [1.29, 1.82) is 0 Å². The first-order valence-corrected chi connectivity index (χ1v) is 23.0. The van der Waals surface area contributed by atoms with Crippen LogP contribution >= 0.6 is 0 Å². The van der Waals surface area contributed by atoms with Gasteiger partial charge < -0.3 is 4.81 Å². The standard InChI is InChI=1S/C46H90BN/c1-4-7-10-13-16-19-22-25-28-31-34-37-41-46-42-40-44-47(43-38-35-32-29-26-23-20-17-14-11-8-5-2)48(46)45-39-36-33-30-27-24-21-18-15-12-9-6-3/h40,42,44H,4-39,41,43,45H2,1-3H3. The number of allylic oxidation sites excluding steroid dienone is 3. The second-order valence-corrected chi connectivity index (χ2v) is 16.0. The molecule has 0 spiro atoms. The Kier molecular flexibility index (Phi) is 35.5. The topological polar surface area (TPSA) is 3.24 Å². The Labute approximate surface area is 305 Å². The summed E-state index contributed by atoms with van der Waals surface area (Å²) in [6, 6.07) is 0. The third-order valence-corrected chi connectivity index (χ3v) is 11.3. The third-order valence-electron chi connectivity index (χ3n) is 11.3. The Morgan fingerprint density at radius 2 is 0.688 bits per heavy atom. The van der Waals surface area contributed by atoms with Crippen molar-refractivity contribution in [3.05, 3.63) is 23.8 Å². The number of nitrogens with zero attached hydrogens (tertiary/aromatic N) is 1. The summed E-state index contributed by atoms with van der Waals surface area (Å²) in [7, 11) is 0. The van der Waals surface area contributed by atoms with Crippen molar-refractivity contribution in [3.63, 3.8) is 0 Å². The molecular formula is C46H90BN. The lowest BCUT2D eigenvalue weighted by atomic mass is 9.54.